The summed E-state index contributed by atoms with van der Waals surface area (Å²) in [5.41, 5.74) is 1.05. The molecule has 110 valence electrons. The first kappa shape index (κ1) is 14.0. The van der Waals surface area contributed by atoms with Crippen molar-refractivity contribution in [3.63, 3.8) is 0 Å². The van der Waals surface area contributed by atoms with E-state index in [0.717, 1.165) is 25.9 Å². The standard InChI is InChI=1S/C16H22FNO2/c1-15(12-2-4-13(17)5-3-12)8-14(9-15)18-16(10-19)6-7-20-11-16/h2-5,14,18-19H,6-11H2,1H3. The summed E-state index contributed by atoms with van der Waals surface area (Å²) in [7, 11) is 0. The number of benzene rings is 1. The molecule has 4 heteroatoms. The quantitative estimate of drug-likeness (QED) is 0.885. The lowest BCUT2D eigenvalue weighted by Gasteiger charge is -2.49. The summed E-state index contributed by atoms with van der Waals surface area (Å²) in [6.07, 6.45) is 2.90. The van der Waals surface area contributed by atoms with E-state index in [1.165, 1.54) is 17.7 Å². The van der Waals surface area contributed by atoms with Crippen molar-refractivity contribution in [2.75, 3.05) is 19.8 Å². The lowest BCUT2D eigenvalue weighted by atomic mass is 9.62. The van der Waals surface area contributed by atoms with Crippen LogP contribution in [0.25, 0.3) is 0 Å². The van der Waals surface area contributed by atoms with Gasteiger partial charge in [-0.15, -0.1) is 0 Å². The van der Waals surface area contributed by atoms with Crippen LogP contribution in [0.3, 0.4) is 0 Å². The predicted molar refractivity (Wildman–Crippen MR) is 75.2 cm³/mol. The third kappa shape index (κ3) is 2.48. The zero-order valence-electron chi connectivity index (χ0n) is 11.9. The van der Waals surface area contributed by atoms with Gasteiger partial charge >= 0.3 is 0 Å². The van der Waals surface area contributed by atoms with Crippen LogP contribution < -0.4 is 5.32 Å². The van der Waals surface area contributed by atoms with Gasteiger partial charge in [0, 0.05) is 12.6 Å². The molecule has 1 aliphatic heterocycles. The summed E-state index contributed by atoms with van der Waals surface area (Å²) in [6.45, 7) is 3.65. The van der Waals surface area contributed by atoms with Crippen molar-refractivity contribution in [1.82, 2.24) is 5.32 Å². The van der Waals surface area contributed by atoms with E-state index in [2.05, 4.69) is 12.2 Å². The molecule has 1 saturated carbocycles. The van der Waals surface area contributed by atoms with E-state index in [4.69, 9.17) is 4.74 Å². The second kappa shape index (κ2) is 5.10. The number of halogens is 1. The SMILES string of the molecule is CC1(c2ccc(F)cc2)CC(NC2(CO)CCOC2)C1. The minimum Gasteiger partial charge on any atom is -0.394 e. The Morgan fingerprint density at radius 2 is 2.05 bits per heavy atom. The van der Waals surface area contributed by atoms with Crippen molar-refractivity contribution >= 4 is 0 Å². The number of rotatable bonds is 4. The van der Waals surface area contributed by atoms with Crippen LogP contribution in [0.1, 0.15) is 31.7 Å². The van der Waals surface area contributed by atoms with E-state index in [-0.39, 0.29) is 23.4 Å². The molecular weight excluding hydrogens is 257 g/mol. The van der Waals surface area contributed by atoms with Crippen molar-refractivity contribution < 1.29 is 14.2 Å². The molecule has 0 amide bonds. The van der Waals surface area contributed by atoms with Gasteiger partial charge in [0.15, 0.2) is 0 Å². The van der Waals surface area contributed by atoms with Crippen LogP contribution in [0.2, 0.25) is 0 Å². The maximum atomic E-state index is 13.0. The highest BCUT2D eigenvalue weighted by molar-refractivity contribution is 5.29. The lowest BCUT2D eigenvalue weighted by molar-refractivity contribution is 0.0795. The van der Waals surface area contributed by atoms with Crippen LogP contribution in [-0.4, -0.2) is 36.5 Å². The number of hydrogen-bond donors (Lipinski definition) is 2. The van der Waals surface area contributed by atoms with Crippen molar-refractivity contribution in [3.8, 4) is 0 Å². The van der Waals surface area contributed by atoms with E-state index in [1.54, 1.807) is 0 Å². The maximum Gasteiger partial charge on any atom is 0.123 e. The summed E-state index contributed by atoms with van der Waals surface area (Å²) in [4.78, 5) is 0. The van der Waals surface area contributed by atoms with Crippen molar-refractivity contribution in [2.45, 2.75) is 43.2 Å². The first-order valence-electron chi connectivity index (χ1n) is 7.28. The summed E-state index contributed by atoms with van der Waals surface area (Å²) < 4.78 is 18.4. The average Bonchev–Trinajstić information content (AvgIpc) is 2.87. The molecule has 0 radical (unpaired) electrons. The first-order chi connectivity index (χ1) is 9.55. The third-order valence-corrected chi connectivity index (χ3v) is 4.85. The Bertz CT molecular complexity index is 462. The molecule has 1 unspecified atom stereocenters. The van der Waals surface area contributed by atoms with Crippen LogP contribution in [0.15, 0.2) is 24.3 Å². The fraction of sp³-hybridized carbons (Fsp3) is 0.625. The fourth-order valence-corrected chi connectivity index (χ4v) is 3.54. The Morgan fingerprint density at radius 1 is 1.35 bits per heavy atom. The second-order valence-corrected chi connectivity index (χ2v) is 6.56. The molecule has 1 aromatic rings. The maximum absolute atomic E-state index is 13.0. The Kier molecular flexibility index (Phi) is 3.56. The van der Waals surface area contributed by atoms with Gasteiger partial charge in [-0.25, -0.2) is 4.39 Å². The van der Waals surface area contributed by atoms with E-state index < -0.39 is 0 Å². The number of aliphatic hydroxyl groups excluding tert-OH is 1. The number of nitrogens with one attached hydrogen (secondary N) is 1. The zero-order chi connectivity index (χ0) is 14.2. The van der Waals surface area contributed by atoms with Crippen molar-refractivity contribution in [3.05, 3.63) is 35.6 Å². The normalized spacial score (nSPS) is 36.9. The monoisotopic (exact) mass is 279 g/mol. The van der Waals surface area contributed by atoms with Gasteiger partial charge in [0.2, 0.25) is 0 Å². The molecular formula is C16H22FNO2. The predicted octanol–water partition coefficient (Wildman–Crippen LogP) is 1.99. The smallest absolute Gasteiger partial charge is 0.123 e. The Hall–Kier alpha value is -0.970. The molecule has 3 rings (SSSR count). The van der Waals surface area contributed by atoms with Gasteiger partial charge in [-0.2, -0.15) is 0 Å². The van der Waals surface area contributed by atoms with Crippen molar-refractivity contribution in [1.29, 1.82) is 0 Å². The molecule has 2 aliphatic rings. The fourth-order valence-electron chi connectivity index (χ4n) is 3.54. The Labute approximate surface area is 119 Å². The van der Waals surface area contributed by atoms with Crippen LogP contribution in [0, 0.1) is 5.82 Å². The summed E-state index contributed by atoms with van der Waals surface area (Å²) in [5, 5.41) is 13.1. The van der Waals surface area contributed by atoms with Gasteiger partial charge in [-0.05, 0) is 42.4 Å². The molecule has 1 atom stereocenters. The molecule has 2 fully saturated rings. The van der Waals surface area contributed by atoms with Gasteiger partial charge in [0.25, 0.3) is 0 Å². The van der Waals surface area contributed by atoms with E-state index >= 15 is 0 Å². The molecule has 1 saturated heterocycles. The van der Waals surface area contributed by atoms with Gasteiger partial charge in [-0.1, -0.05) is 19.1 Å². The molecule has 20 heavy (non-hydrogen) atoms. The van der Waals surface area contributed by atoms with Crippen molar-refractivity contribution in [2.24, 2.45) is 0 Å². The van der Waals surface area contributed by atoms with Gasteiger partial charge < -0.3 is 15.2 Å². The van der Waals surface area contributed by atoms with Gasteiger partial charge in [0.05, 0.1) is 18.8 Å². The highest BCUT2D eigenvalue weighted by Crippen LogP contribution is 2.44. The van der Waals surface area contributed by atoms with Crippen LogP contribution in [0.5, 0.6) is 0 Å². The molecule has 0 aromatic heterocycles. The molecule has 0 bridgehead atoms. The number of ether oxygens (including phenoxy) is 1. The largest absolute Gasteiger partial charge is 0.394 e. The first-order valence-corrected chi connectivity index (χ1v) is 7.28. The summed E-state index contributed by atoms with van der Waals surface area (Å²) in [6, 6.07) is 7.22. The lowest BCUT2D eigenvalue weighted by Crippen LogP contribution is -2.60. The topological polar surface area (TPSA) is 41.5 Å². The molecule has 1 aromatic carbocycles. The van der Waals surface area contributed by atoms with Gasteiger partial charge in [-0.3, -0.25) is 0 Å². The minimum atomic E-state index is -0.255. The number of aliphatic hydroxyl groups is 1. The molecule has 0 spiro atoms. The third-order valence-electron chi connectivity index (χ3n) is 4.85. The molecule has 2 N–H and O–H groups in total. The highest BCUT2D eigenvalue weighted by Gasteiger charge is 2.45. The summed E-state index contributed by atoms with van der Waals surface area (Å²) in [5.74, 6) is -0.186. The van der Waals surface area contributed by atoms with E-state index in [0.29, 0.717) is 12.6 Å². The van der Waals surface area contributed by atoms with E-state index in [1.807, 2.05) is 12.1 Å². The van der Waals surface area contributed by atoms with Gasteiger partial charge in [0.1, 0.15) is 5.82 Å². The summed E-state index contributed by atoms with van der Waals surface area (Å²) >= 11 is 0. The van der Waals surface area contributed by atoms with Crippen LogP contribution >= 0.6 is 0 Å². The molecule has 1 heterocycles. The second-order valence-electron chi connectivity index (χ2n) is 6.56. The Morgan fingerprint density at radius 3 is 2.60 bits per heavy atom. The zero-order valence-corrected chi connectivity index (χ0v) is 11.9. The Balaban J connectivity index is 1.61. The molecule has 1 aliphatic carbocycles. The molecule has 3 nitrogen and oxygen atoms in total. The van der Waals surface area contributed by atoms with Crippen LogP contribution in [0.4, 0.5) is 4.39 Å². The minimum absolute atomic E-state index is 0.113. The number of hydrogen-bond acceptors (Lipinski definition) is 3. The van der Waals surface area contributed by atoms with Crippen LogP contribution in [-0.2, 0) is 10.2 Å². The highest BCUT2D eigenvalue weighted by atomic mass is 19.1. The average molecular weight is 279 g/mol. The van der Waals surface area contributed by atoms with E-state index in [9.17, 15) is 9.50 Å².